The summed E-state index contributed by atoms with van der Waals surface area (Å²) in [5.74, 6) is 1.02. The van der Waals surface area contributed by atoms with Crippen molar-refractivity contribution >= 4 is 13.2 Å². The molecule has 2 nitrogen and oxygen atoms in total. The van der Waals surface area contributed by atoms with Gasteiger partial charge >= 0.3 is 0 Å². The molecule has 0 radical (unpaired) electrons. The van der Waals surface area contributed by atoms with E-state index in [1.165, 1.54) is 5.30 Å². The van der Waals surface area contributed by atoms with Crippen molar-refractivity contribution in [1.29, 1.82) is 0 Å². The van der Waals surface area contributed by atoms with Gasteiger partial charge in [0.1, 0.15) is 0 Å². The van der Waals surface area contributed by atoms with Crippen LogP contribution in [0.5, 0.6) is 0 Å². The standard InChI is InChI=1S/C16H27N2P/c1-15(2,3)13-17-18-14(16(4,5)6)19(13)12-10-8-7-9-11-12/h7-11,13-14,17-18H,1-6H3. The Labute approximate surface area is 119 Å². The maximum absolute atomic E-state index is 3.58. The first-order valence-corrected chi connectivity index (χ1v) is 8.54. The summed E-state index contributed by atoms with van der Waals surface area (Å²) in [5, 5.41) is 1.50. The number of hydrogen-bond donors (Lipinski definition) is 2. The van der Waals surface area contributed by atoms with E-state index in [4.69, 9.17) is 0 Å². The Kier molecular flexibility index (Phi) is 4.07. The van der Waals surface area contributed by atoms with Gasteiger partial charge in [-0.05, 0) is 24.1 Å². The molecular formula is C16H27N2P. The predicted octanol–water partition coefficient (Wildman–Crippen LogP) is 3.65. The Bertz CT molecular complexity index is 395. The fraction of sp³-hybridized carbons (Fsp3) is 0.625. The minimum atomic E-state index is -0.265. The molecular weight excluding hydrogens is 251 g/mol. The Balaban J connectivity index is 2.40. The molecule has 0 amide bonds. The van der Waals surface area contributed by atoms with Gasteiger partial charge in [-0.1, -0.05) is 71.9 Å². The number of hydrogen-bond acceptors (Lipinski definition) is 2. The highest BCUT2D eigenvalue weighted by Gasteiger charge is 2.46. The topological polar surface area (TPSA) is 24.1 Å². The van der Waals surface area contributed by atoms with Gasteiger partial charge in [-0.25, -0.2) is 10.9 Å². The Hall–Kier alpha value is -0.430. The zero-order valence-electron chi connectivity index (χ0n) is 13.0. The van der Waals surface area contributed by atoms with Gasteiger partial charge in [0.2, 0.25) is 0 Å². The van der Waals surface area contributed by atoms with E-state index in [0.717, 1.165) is 0 Å². The minimum absolute atomic E-state index is 0.258. The third kappa shape index (κ3) is 3.18. The molecule has 1 aromatic carbocycles. The van der Waals surface area contributed by atoms with Gasteiger partial charge in [0.05, 0.1) is 11.6 Å². The summed E-state index contributed by atoms with van der Waals surface area (Å²) in [6, 6.07) is 11.0. The molecule has 0 saturated carbocycles. The highest BCUT2D eigenvalue weighted by atomic mass is 31.1. The molecule has 1 aromatic rings. The Morgan fingerprint density at radius 1 is 0.789 bits per heavy atom. The summed E-state index contributed by atoms with van der Waals surface area (Å²) in [6.07, 6.45) is 0. The van der Waals surface area contributed by atoms with Crippen LogP contribution in [0.3, 0.4) is 0 Å². The van der Waals surface area contributed by atoms with E-state index in [0.29, 0.717) is 11.6 Å². The molecule has 2 rings (SSSR count). The molecule has 1 aliphatic rings. The molecule has 0 bridgehead atoms. The summed E-state index contributed by atoms with van der Waals surface area (Å²) in [5.41, 5.74) is 7.68. The average molecular weight is 278 g/mol. The SMILES string of the molecule is CC(C)(C)C1NNC(C(C)(C)C)P1c1ccccc1. The van der Waals surface area contributed by atoms with Gasteiger partial charge in [0, 0.05) is 0 Å². The summed E-state index contributed by atoms with van der Waals surface area (Å²) >= 11 is 0. The Morgan fingerprint density at radius 3 is 1.58 bits per heavy atom. The number of nitrogens with one attached hydrogen (secondary N) is 2. The van der Waals surface area contributed by atoms with E-state index in [1.54, 1.807) is 0 Å². The summed E-state index contributed by atoms with van der Waals surface area (Å²) < 4.78 is 0. The van der Waals surface area contributed by atoms with Gasteiger partial charge in [-0.15, -0.1) is 0 Å². The largest absolute Gasteiger partial charge is 0.249 e. The molecule has 0 aromatic heterocycles. The molecule has 0 aliphatic carbocycles. The van der Waals surface area contributed by atoms with E-state index in [9.17, 15) is 0 Å². The summed E-state index contributed by atoms with van der Waals surface area (Å²) in [4.78, 5) is 0. The monoisotopic (exact) mass is 278 g/mol. The van der Waals surface area contributed by atoms with Crippen molar-refractivity contribution in [1.82, 2.24) is 10.9 Å². The van der Waals surface area contributed by atoms with Crippen LogP contribution in [0.15, 0.2) is 30.3 Å². The first-order valence-electron chi connectivity index (χ1n) is 7.06. The lowest BCUT2D eigenvalue weighted by molar-refractivity contribution is 0.299. The highest BCUT2D eigenvalue weighted by molar-refractivity contribution is 7.67. The fourth-order valence-electron chi connectivity index (χ4n) is 2.61. The third-order valence-corrected chi connectivity index (χ3v) is 7.42. The maximum atomic E-state index is 3.58. The molecule has 1 heterocycles. The quantitative estimate of drug-likeness (QED) is 0.766. The molecule has 2 unspecified atom stereocenters. The van der Waals surface area contributed by atoms with Crippen LogP contribution in [-0.4, -0.2) is 11.6 Å². The number of benzene rings is 1. The minimum Gasteiger partial charge on any atom is -0.249 e. The molecule has 106 valence electrons. The van der Waals surface area contributed by atoms with Gasteiger partial charge < -0.3 is 0 Å². The molecule has 3 heteroatoms. The lowest BCUT2D eigenvalue weighted by atomic mass is 9.96. The van der Waals surface area contributed by atoms with E-state index in [-0.39, 0.29) is 18.8 Å². The second kappa shape index (κ2) is 5.16. The normalized spacial score (nSPS) is 28.6. The smallest absolute Gasteiger partial charge is 0.0515 e. The zero-order chi connectivity index (χ0) is 14.3. The van der Waals surface area contributed by atoms with Gasteiger partial charge in [0.15, 0.2) is 0 Å². The van der Waals surface area contributed by atoms with Crippen molar-refractivity contribution in [3.05, 3.63) is 30.3 Å². The van der Waals surface area contributed by atoms with Crippen molar-refractivity contribution in [2.45, 2.75) is 53.1 Å². The van der Waals surface area contributed by atoms with Crippen molar-refractivity contribution in [2.75, 3.05) is 0 Å². The van der Waals surface area contributed by atoms with E-state index >= 15 is 0 Å². The van der Waals surface area contributed by atoms with Gasteiger partial charge in [-0.3, -0.25) is 0 Å². The summed E-state index contributed by atoms with van der Waals surface area (Å²) in [7, 11) is -0.265. The van der Waals surface area contributed by atoms with Crippen LogP contribution < -0.4 is 16.2 Å². The van der Waals surface area contributed by atoms with Crippen LogP contribution in [0.25, 0.3) is 0 Å². The van der Waals surface area contributed by atoms with Crippen molar-refractivity contribution < 1.29 is 0 Å². The van der Waals surface area contributed by atoms with Crippen molar-refractivity contribution in [2.24, 2.45) is 10.8 Å². The maximum Gasteiger partial charge on any atom is 0.0515 e. The van der Waals surface area contributed by atoms with Crippen LogP contribution in [0, 0.1) is 10.8 Å². The molecule has 19 heavy (non-hydrogen) atoms. The van der Waals surface area contributed by atoms with Crippen LogP contribution in [0.1, 0.15) is 41.5 Å². The third-order valence-electron chi connectivity index (χ3n) is 3.61. The van der Waals surface area contributed by atoms with Crippen molar-refractivity contribution in [3.8, 4) is 0 Å². The fourth-order valence-corrected chi connectivity index (χ4v) is 6.12. The molecule has 2 N–H and O–H groups in total. The van der Waals surface area contributed by atoms with Crippen LogP contribution in [0.4, 0.5) is 0 Å². The average Bonchev–Trinajstić information content (AvgIpc) is 2.73. The first kappa shape index (κ1) is 15.0. The van der Waals surface area contributed by atoms with Crippen LogP contribution in [-0.2, 0) is 0 Å². The molecule has 2 atom stereocenters. The van der Waals surface area contributed by atoms with Gasteiger partial charge in [0.25, 0.3) is 0 Å². The first-order chi connectivity index (χ1) is 8.71. The lowest BCUT2D eigenvalue weighted by Crippen LogP contribution is -2.42. The molecule has 1 aliphatic heterocycles. The van der Waals surface area contributed by atoms with Crippen LogP contribution in [0.2, 0.25) is 0 Å². The second-order valence-electron chi connectivity index (χ2n) is 7.57. The van der Waals surface area contributed by atoms with Gasteiger partial charge in [-0.2, -0.15) is 0 Å². The van der Waals surface area contributed by atoms with E-state index in [2.05, 4.69) is 82.7 Å². The molecule has 0 spiro atoms. The zero-order valence-corrected chi connectivity index (χ0v) is 13.9. The lowest BCUT2D eigenvalue weighted by Gasteiger charge is -2.37. The van der Waals surface area contributed by atoms with E-state index in [1.807, 2.05) is 0 Å². The Morgan fingerprint density at radius 2 is 1.21 bits per heavy atom. The predicted molar refractivity (Wildman–Crippen MR) is 85.8 cm³/mol. The van der Waals surface area contributed by atoms with Crippen molar-refractivity contribution in [3.63, 3.8) is 0 Å². The second-order valence-corrected chi connectivity index (χ2v) is 9.93. The number of hydrazine groups is 1. The van der Waals surface area contributed by atoms with E-state index < -0.39 is 0 Å². The highest BCUT2D eigenvalue weighted by Crippen LogP contribution is 2.56. The molecule has 1 fully saturated rings. The summed E-state index contributed by atoms with van der Waals surface area (Å²) in [6.45, 7) is 14.0. The van der Waals surface area contributed by atoms with Crippen LogP contribution >= 0.6 is 7.92 Å². The number of rotatable bonds is 1. The molecule has 1 saturated heterocycles.